The van der Waals surface area contributed by atoms with Crippen molar-refractivity contribution < 1.29 is 4.74 Å². The molecule has 1 saturated heterocycles. The zero-order valence-electron chi connectivity index (χ0n) is 12.3. The van der Waals surface area contributed by atoms with Crippen molar-refractivity contribution in [1.29, 1.82) is 0 Å². The Hall–Kier alpha value is -1.42. The second-order valence-electron chi connectivity index (χ2n) is 5.71. The Bertz CT molecular complexity index is 501. The van der Waals surface area contributed by atoms with Gasteiger partial charge in [0.05, 0.1) is 12.7 Å². The predicted octanol–water partition coefficient (Wildman–Crippen LogP) is 2.45. The molecule has 108 valence electrons. The third kappa shape index (κ3) is 2.70. The molecule has 1 fully saturated rings. The van der Waals surface area contributed by atoms with Crippen LogP contribution in [0.5, 0.6) is 0 Å². The van der Waals surface area contributed by atoms with Crippen LogP contribution in [0.2, 0.25) is 0 Å². The van der Waals surface area contributed by atoms with E-state index in [1.54, 1.807) is 0 Å². The minimum absolute atomic E-state index is 0.308. The molecule has 2 heterocycles. The summed E-state index contributed by atoms with van der Waals surface area (Å²) in [5.74, 6) is 2.06. The van der Waals surface area contributed by atoms with E-state index in [9.17, 15) is 0 Å². The van der Waals surface area contributed by atoms with Gasteiger partial charge in [0.25, 0.3) is 0 Å². The average molecular weight is 273 g/mol. The van der Waals surface area contributed by atoms with Crippen LogP contribution in [0.15, 0.2) is 12.7 Å². The first-order chi connectivity index (χ1) is 9.78. The molecule has 20 heavy (non-hydrogen) atoms. The van der Waals surface area contributed by atoms with Gasteiger partial charge in [-0.15, -0.1) is 6.58 Å². The van der Waals surface area contributed by atoms with Gasteiger partial charge in [-0.2, -0.15) is 0 Å². The zero-order valence-corrected chi connectivity index (χ0v) is 12.3. The van der Waals surface area contributed by atoms with E-state index in [-0.39, 0.29) is 0 Å². The molecule has 2 aliphatic rings. The molecule has 1 unspecified atom stereocenters. The fourth-order valence-corrected chi connectivity index (χ4v) is 3.22. The molecule has 0 amide bonds. The Morgan fingerprint density at radius 3 is 3.05 bits per heavy atom. The zero-order chi connectivity index (χ0) is 13.9. The normalized spacial score (nSPS) is 21.9. The van der Waals surface area contributed by atoms with Gasteiger partial charge in [-0.25, -0.2) is 9.97 Å². The van der Waals surface area contributed by atoms with Gasteiger partial charge in [0.2, 0.25) is 0 Å². The first kappa shape index (κ1) is 13.6. The van der Waals surface area contributed by atoms with Crippen LogP contribution in [-0.4, -0.2) is 35.8 Å². The number of aromatic nitrogens is 2. The second-order valence-corrected chi connectivity index (χ2v) is 5.71. The van der Waals surface area contributed by atoms with Crippen molar-refractivity contribution in [3.63, 3.8) is 0 Å². The van der Waals surface area contributed by atoms with E-state index in [0.717, 1.165) is 44.0 Å². The van der Waals surface area contributed by atoms with E-state index in [0.29, 0.717) is 12.7 Å². The number of rotatable bonds is 4. The maximum atomic E-state index is 5.78. The molecular formula is C16H23N3O. The smallest absolute Gasteiger partial charge is 0.135 e. The fourth-order valence-electron chi connectivity index (χ4n) is 3.22. The van der Waals surface area contributed by atoms with E-state index < -0.39 is 0 Å². The number of nitrogens with zero attached hydrogens (tertiary/aromatic N) is 3. The second kappa shape index (κ2) is 5.92. The van der Waals surface area contributed by atoms with Crippen molar-refractivity contribution in [2.75, 3.05) is 24.6 Å². The summed E-state index contributed by atoms with van der Waals surface area (Å²) in [7, 11) is 0. The molecular weight excluding hydrogens is 250 g/mol. The lowest BCUT2D eigenvalue weighted by Gasteiger charge is -2.25. The third-order valence-corrected chi connectivity index (χ3v) is 4.17. The van der Waals surface area contributed by atoms with Gasteiger partial charge in [0.15, 0.2) is 0 Å². The highest BCUT2D eigenvalue weighted by molar-refractivity contribution is 5.51. The molecule has 0 aromatic carbocycles. The maximum absolute atomic E-state index is 5.78. The number of hydrogen-bond acceptors (Lipinski definition) is 4. The summed E-state index contributed by atoms with van der Waals surface area (Å²) in [5.41, 5.74) is 2.65. The van der Waals surface area contributed by atoms with Crippen molar-refractivity contribution in [2.45, 2.75) is 45.1 Å². The minimum Gasteiger partial charge on any atom is -0.372 e. The highest BCUT2D eigenvalue weighted by Gasteiger charge is 2.27. The van der Waals surface area contributed by atoms with Crippen molar-refractivity contribution in [3.8, 4) is 0 Å². The van der Waals surface area contributed by atoms with Gasteiger partial charge in [0.1, 0.15) is 11.6 Å². The van der Waals surface area contributed by atoms with Gasteiger partial charge < -0.3 is 9.64 Å². The molecule has 0 bridgehead atoms. The standard InChI is InChI=1S/C16H23N3O/c1-3-10-20-13-8-9-19(11-13)16-14-6-4-5-7-15(14)17-12(2)18-16/h3,13H,1,4-11H2,2H3. The van der Waals surface area contributed by atoms with E-state index in [2.05, 4.69) is 16.5 Å². The molecule has 0 saturated carbocycles. The molecule has 4 heteroatoms. The summed E-state index contributed by atoms with van der Waals surface area (Å²) in [6, 6.07) is 0. The first-order valence-corrected chi connectivity index (χ1v) is 7.61. The van der Waals surface area contributed by atoms with Crippen LogP contribution in [0.1, 0.15) is 36.3 Å². The lowest BCUT2D eigenvalue weighted by atomic mass is 9.96. The van der Waals surface area contributed by atoms with Crippen molar-refractivity contribution in [2.24, 2.45) is 0 Å². The summed E-state index contributed by atoms with van der Waals surface area (Å²) in [4.78, 5) is 11.7. The molecule has 4 nitrogen and oxygen atoms in total. The van der Waals surface area contributed by atoms with Gasteiger partial charge in [-0.05, 0) is 39.0 Å². The Morgan fingerprint density at radius 1 is 1.35 bits per heavy atom. The number of fused-ring (bicyclic) bond motifs is 1. The van der Waals surface area contributed by atoms with Crippen LogP contribution < -0.4 is 4.90 Å². The van der Waals surface area contributed by atoms with Crippen LogP contribution in [0.3, 0.4) is 0 Å². The van der Waals surface area contributed by atoms with E-state index >= 15 is 0 Å². The Morgan fingerprint density at radius 2 is 2.20 bits per heavy atom. The number of anilines is 1. The van der Waals surface area contributed by atoms with Gasteiger partial charge in [-0.3, -0.25) is 0 Å². The summed E-state index contributed by atoms with van der Waals surface area (Å²) in [6.45, 7) is 8.32. The first-order valence-electron chi connectivity index (χ1n) is 7.61. The lowest BCUT2D eigenvalue weighted by molar-refractivity contribution is 0.0909. The Balaban J connectivity index is 1.80. The molecule has 0 spiro atoms. The van der Waals surface area contributed by atoms with Crippen molar-refractivity contribution in [1.82, 2.24) is 9.97 Å². The van der Waals surface area contributed by atoms with E-state index in [1.807, 2.05) is 13.0 Å². The molecule has 3 rings (SSSR count). The van der Waals surface area contributed by atoms with Crippen LogP contribution in [0.25, 0.3) is 0 Å². The van der Waals surface area contributed by atoms with Gasteiger partial charge in [0, 0.05) is 24.3 Å². The SMILES string of the molecule is C=CCOC1CCN(c2nc(C)nc3c2CCCC3)C1. The molecule has 1 aliphatic heterocycles. The molecule has 1 aromatic heterocycles. The predicted molar refractivity (Wildman–Crippen MR) is 80.2 cm³/mol. The number of aryl methyl sites for hydroxylation is 2. The summed E-state index contributed by atoms with van der Waals surface area (Å²) in [5, 5.41) is 0. The lowest BCUT2D eigenvalue weighted by Crippen LogP contribution is -2.26. The monoisotopic (exact) mass is 273 g/mol. The van der Waals surface area contributed by atoms with E-state index in [1.165, 1.54) is 24.1 Å². The highest BCUT2D eigenvalue weighted by Crippen LogP contribution is 2.30. The van der Waals surface area contributed by atoms with Gasteiger partial charge >= 0.3 is 0 Å². The molecule has 1 aliphatic carbocycles. The van der Waals surface area contributed by atoms with Crippen LogP contribution in [0.4, 0.5) is 5.82 Å². The number of ether oxygens (including phenoxy) is 1. The maximum Gasteiger partial charge on any atom is 0.135 e. The van der Waals surface area contributed by atoms with E-state index in [4.69, 9.17) is 9.72 Å². The topological polar surface area (TPSA) is 38.2 Å². The Kier molecular flexibility index (Phi) is 4.01. The molecule has 1 aromatic rings. The third-order valence-electron chi connectivity index (χ3n) is 4.17. The molecule has 0 N–H and O–H groups in total. The van der Waals surface area contributed by atoms with Gasteiger partial charge in [-0.1, -0.05) is 6.08 Å². The number of hydrogen-bond donors (Lipinski definition) is 0. The summed E-state index contributed by atoms with van der Waals surface area (Å²) >= 11 is 0. The minimum atomic E-state index is 0.308. The highest BCUT2D eigenvalue weighted by atomic mass is 16.5. The summed E-state index contributed by atoms with van der Waals surface area (Å²) < 4.78 is 5.78. The van der Waals surface area contributed by atoms with Crippen molar-refractivity contribution >= 4 is 5.82 Å². The summed E-state index contributed by atoms with van der Waals surface area (Å²) in [6.07, 6.45) is 7.95. The Labute approximate surface area is 120 Å². The van der Waals surface area contributed by atoms with Crippen LogP contribution in [0, 0.1) is 6.92 Å². The largest absolute Gasteiger partial charge is 0.372 e. The quantitative estimate of drug-likeness (QED) is 0.790. The average Bonchev–Trinajstić information content (AvgIpc) is 2.93. The molecule has 1 atom stereocenters. The van der Waals surface area contributed by atoms with Crippen molar-refractivity contribution in [3.05, 3.63) is 29.7 Å². The fraction of sp³-hybridized carbons (Fsp3) is 0.625. The van der Waals surface area contributed by atoms with Crippen LogP contribution in [-0.2, 0) is 17.6 Å². The van der Waals surface area contributed by atoms with Crippen LogP contribution >= 0.6 is 0 Å². The molecule has 0 radical (unpaired) electrons.